The molecule has 1 saturated heterocycles. The lowest BCUT2D eigenvalue weighted by molar-refractivity contribution is 0.0629. The zero-order valence-electron chi connectivity index (χ0n) is 11.5. The van der Waals surface area contributed by atoms with Crippen molar-refractivity contribution in [3.05, 3.63) is 23.9 Å². The molecule has 6 nitrogen and oxygen atoms in total. The number of nitrogens with zero attached hydrogens (tertiary/aromatic N) is 3. The number of aromatic nitrogens is 1. The Kier molecular flexibility index (Phi) is 4.34. The molecule has 2 heterocycles. The van der Waals surface area contributed by atoms with Crippen LogP contribution in [0.15, 0.2) is 18.2 Å². The van der Waals surface area contributed by atoms with Crippen molar-refractivity contribution in [3.63, 3.8) is 0 Å². The first kappa shape index (κ1) is 13.8. The molecule has 1 aromatic rings. The topological polar surface area (TPSA) is 74.5 Å². The van der Waals surface area contributed by atoms with Crippen molar-refractivity contribution in [1.29, 1.82) is 0 Å². The fourth-order valence-electron chi connectivity index (χ4n) is 2.36. The van der Waals surface area contributed by atoms with Crippen molar-refractivity contribution in [2.75, 3.05) is 32.6 Å². The average molecular weight is 263 g/mol. The molecule has 2 rings (SSSR count). The standard InChI is InChI=1S/C13H21N5O/c1-17(2)10-5-4-8-18(9-10)13(19)11-6-3-7-12(15-11)16-14/h3,6-7,10H,4-5,8-9,14H2,1-2H3,(H,15,16). The molecule has 6 heteroatoms. The number of hydrazine groups is 1. The van der Waals surface area contributed by atoms with E-state index in [0.717, 1.165) is 25.9 Å². The van der Waals surface area contributed by atoms with Gasteiger partial charge in [0.25, 0.3) is 5.91 Å². The molecule has 19 heavy (non-hydrogen) atoms. The van der Waals surface area contributed by atoms with E-state index in [4.69, 9.17) is 5.84 Å². The summed E-state index contributed by atoms with van der Waals surface area (Å²) in [7, 11) is 4.10. The largest absolute Gasteiger partial charge is 0.336 e. The van der Waals surface area contributed by atoms with E-state index < -0.39 is 0 Å². The van der Waals surface area contributed by atoms with E-state index in [2.05, 4.69) is 29.4 Å². The lowest BCUT2D eigenvalue weighted by Gasteiger charge is -2.36. The van der Waals surface area contributed by atoms with Crippen molar-refractivity contribution < 1.29 is 4.79 Å². The molecule has 0 bridgehead atoms. The molecule has 1 unspecified atom stereocenters. The minimum absolute atomic E-state index is 0.0244. The molecule has 0 aromatic carbocycles. The number of amides is 1. The van der Waals surface area contributed by atoms with Crippen LogP contribution in [-0.4, -0.2) is 53.9 Å². The van der Waals surface area contributed by atoms with E-state index in [1.165, 1.54) is 0 Å². The average Bonchev–Trinajstić information content (AvgIpc) is 2.46. The predicted molar refractivity (Wildman–Crippen MR) is 74.7 cm³/mol. The number of hydrogen-bond donors (Lipinski definition) is 2. The van der Waals surface area contributed by atoms with Crippen LogP contribution in [0.5, 0.6) is 0 Å². The van der Waals surface area contributed by atoms with Gasteiger partial charge in [-0.3, -0.25) is 4.79 Å². The zero-order chi connectivity index (χ0) is 13.8. The van der Waals surface area contributed by atoms with E-state index in [1.54, 1.807) is 18.2 Å². The first-order valence-corrected chi connectivity index (χ1v) is 6.51. The van der Waals surface area contributed by atoms with Gasteiger partial charge in [-0.15, -0.1) is 0 Å². The molecule has 104 valence electrons. The third-order valence-corrected chi connectivity index (χ3v) is 3.53. The summed E-state index contributed by atoms with van der Waals surface area (Å²) in [5.74, 6) is 5.80. The number of carbonyl (C=O) groups excluding carboxylic acids is 1. The lowest BCUT2D eigenvalue weighted by atomic mass is 10.0. The second kappa shape index (κ2) is 5.99. The highest BCUT2D eigenvalue weighted by molar-refractivity contribution is 5.92. The third-order valence-electron chi connectivity index (χ3n) is 3.53. The van der Waals surface area contributed by atoms with Crippen LogP contribution in [-0.2, 0) is 0 Å². The van der Waals surface area contributed by atoms with Crippen molar-refractivity contribution in [2.24, 2.45) is 5.84 Å². The molecule has 1 aromatic heterocycles. The smallest absolute Gasteiger partial charge is 0.272 e. The van der Waals surface area contributed by atoms with Crippen molar-refractivity contribution in [1.82, 2.24) is 14.8 Å². The molecule has 0 spiro atoms. The summed E-state index contributed by atoms with van der Waals surface area (Å²) in [6.07, 6.45) is 2.16. The second-order valence-corrected chi connectivity index (χ2v) is 5.06. The minimum Gasteiger partial charge on any atom is -0.336 e. The number of pyridine rings is 1. The highest BCUT2D eigenvalue weighted by atomic mass is 16.2. The van der Waals surface area contributed by atoms with E-state index in [1.807, 2.05) is 4.90 Å². The maximum atomic E-state index is 12.4. The summed E-state index contributed by atoms with van der Waals surface area (Å²) in [4.78, 5) is 20.7. The summed E-state index contributed by atoms with van der Waals surface area (Å²) in [6.45, 7) is 1.55. The molecule has 1 atom stereocenters. The minimum atomic E-state index is -0.0244. The van der Waals surface area contributed by atoms with E-state index in [0.29, 0.717) is 17.6 Å². The summed E-state index contributed by atoms with van der Waals surface area (Å²) in [5.41, 5.74) is 2.90. The number of likely N-dealkylation sites (N-methyl/N-ethyl adjacent to an activating group) is 1. The molecule has 1 aliphatic rings. The van der Waals surface area contributed by atoms with Gasteiger partial charge in [-0.1, -0.05) is 6.07 Å². The van der Waals surface area contributed by atoms with E-state index >= 15 is 0 Å². The molecule has 0 saturated carbocycles. The Morgan fingerprint density at radius 2 is 2.32 bits per heavy atom. The molecular weight excluding hydrogens is 242 g/mol. The summed E-state index contributed by atoms with van der Waals surface area (Å²) < 4.78 is 0. The van der Waals surface area contributed by atoms with Crippen LogP contribution in [0, 0.1) is 0 Å². The van der Waals surface area contributed by atoms with Crippen LogP contribution in [0.25, 0.3) is 0 Å². The van der Waals surface area contributed by atoms with Gasteiger partial charge in [0.1, 0.15) is 11.5 Å². The fourth-order valence-corrected chi connectivity index (χ4v) is 2.36. The van der Waals surface area contributed by atoms with Crippen LogP contribution < -0.4 is 11.3 Å². The van der Waals surface area contributed by atoms with Crippen molar-refractivity contribution in [3.8, 4) is 0 Å². The predicted octanol–water partition coefficient (Wildman–Crippen LogP) is 0.533. The van der Waals surface area contributed by atoms with E-state index in [9.17, 15) is 4.79 Å². The number of nitrogens with two attached hydrogens (primary N) is 1. The maximum absolute atomic E-state index is 12.4. The zero-order valence-corrected chi connectivity index (χ0v) is 11.5. The number of piperidine rings is 1. The fraction of sp³-hybridized carbons (Fsp3) is 0.538. The molecule has 1 aliphatic heterocycles. The first-order chi connectivity index (χ1) is 9.11. The molecule has 3 N–H and O–H groups in total. The van der Waals surface area contributed by atoms with Crippen LogP contribution in [0.4, 0.5) is 5.82 Å². The van der Waals surface area contributed by atoms with Gasteiger partial charge >= 0.3 is 0 Å². The Morgan fingerprint density at radius 3 is 3.00 bits per heavy atom. The van der Waals surface area contributed by atoms with Gasteiger partial charge in [0.15, 0.2) is 0 Å². The summed E-state index contributed by atoms with van der Waals surface area (Å²) in [6, 6.07) is 5.66. The van der Waals surface area contributed by atoms with Gasteiger partial charge in [0.05, 0.1) is 0 Å². The quantitative estimate of drug-likeness (QED) is 0.615. The lowest BCUT2D eigenvalue weighted by Crippen LogP contribution is -2.47. The Hall–Kier alpha value is -1.66. The monoisotopic (exact) mass is 263 g/mol. The number of carbonyl (C=O) groups is 1. The van der Waals surface area contributed by atoms with Gasteiger partial charge in [0, 0.05) is 19.1 Å². The molecule has 0 radical (unpaired) electrons. The number of hydrogen-bond acceptors (Lipinski definition) is 5. The molecule has 0 aliphatic carbocycles. The Balaban J connectivity index is 2.10. The number of nitrogens with one attached hydrogen (secondary N) is 1. The van der Waals surface area contributed by atoms with E-state index in [-0.39, 0.29) is 5.91 Å². The number of rotatable bonds is 3. The third kappa shape index (κ3) is 3.21. The van der Waals surface area contributed by atoms with Crippen LogP contribution >= 0.6 is 0 Å². The van der Waals surface area contributed by atoms with Crippen LogP contribution in [0.3, 0.4) is 0 Å². The molecule has 1 fully saturated rings. The Labute approximate surface area is 113 Å². The van der Waals surface area contributed by atoms with Crippen molar-refractivity contribution >= 4 is 11.7 Å². The highest BCUT2D eigenvalue weighted by Crippen LogP contribution is 2.16. The summed E-state index contributed by atoms with van der Waals surface area (Å²) in [5, 5.41) is 0. The highest BCUT2D eigenvalue weighted by Gasteiger charge is 2.26. The second-order valence-electron chi connectivity index (χ2n) is 5.06. The Morgan fingerprint density at radius 1 is 1.53 bits per heavy atom. The van der Waals surface area contributed by atoms with Crippen LogP contribution in [0.2, 0.25) is 0 Å². The van der Waals surface area contributed by atoms with Gasteiger partial charge < -0.3 is 15.2 Å². The van der Waals surface area contributed by atoms with Gasteiger partial charge in [-0.2, -0.15) is 0 Å². The molecule has 1 amide bonds. The maximum Gasteiger partial charge on any atom is 0.272 e. The number of anilines is 1. The SMILES string of the molecule is CN(C)C1CCCN(C(=O)c2cccc(NN)n2)C1. The number of likely N-dealkylation sites (tertiary alicyclic amines) is 1. The first-order valence-electron chi connectivity index (χ1n) is 6.51. The molecular formula is C13H21N5O. The van der Waals surface area contributed by atoms with Gasteiger partial charge in [-0.25, -0.2) is 10.8 Å². The van der Waals surface area contributed by atoms with Crippen LogP contribution in [0.1, 0.15) is 23.3 Å². The normalized spacial score (nSPS) is 19.6. The Bertz CT molecular complexity index is 448. The number of nitrogen functional groups attached to an aromatic ring is 1. The van der Waals surface area contributed by atoms with Crippen molar-refractivity contribution in [2.45, 2.75) is 18.9 Å². The van der Waals surface area contributed by atoms with Gasteiger partial charge in [-0.05, 0) is 39.1 Å². The summed E-state index contributed by atoms with van der Waals surface area (Å²) >= 11 is 0. The van der Waals surface area contributed by atoms with Gasteiger partial charge in [0.2, 0.25) is 0 Å².